The molecule has 0 aromatic carbocycles. The number of nitrogens with zero attached hydrogens (tertiary/aromatic N) is 10. The predicted octanol–water partition coefficient (Wildman–Crippen LogP) is -1.40. The van der Waals surface area contributed by atoms with Crippen molar-refractivity contribution in [2.75, 3.05) is 0 Å². The van der Waals surface area contributed by atoms with Crippen molar-refractivity contribution in [1.82, 2.24) is 35.9 Å². The van der Waals surface area contributed by atoms with E-state index in [0.717, 1.165) is 0 Å². The summed E-state index contributed by atoms with van der Waals surface area (Å²) >= 11 is 0. The van der Waals surface area contributed by atoms with Crippen LogP contribution in [0.5, 0.6) is 0 Å². The van der Waals surface area contributed by atoms with Gasteiger partial charge in [-0.1, -0.05) is 0 Å². The molecule has 5 heterocycles. The average Bonchev–Trinajstić information content (AvgIpc) is 3.51. The molecular formula is C12H6N10O8. The van der Waals surface area contributed by atoms with Crippen molar-refractivity contribution in [2.45, 2.75) is 13.8 Å². The molecule has 30 heavy (non-hydrogen) atoms. The summed E-state index contributed by atoms with van der Waals surface area (Å²) in [7, 11) is 0. The van der Waals surface area contributed by atoms with Crippen LogP contribution in [0.2, 0.25) is 0 Å². The molecule has 18 nitrogen and oxygen atoms in total. The SMILES string of the molecule is Cc1no[n+]([O-])c1-c1nnc(-c2no[n+]([O-])c2-c2nnc(-c3no[n+]([O-])c3C)o2)o1. The number of aromatic nitrogens is 10. The smallest absolute Gasteiger partial charge is 0.317 e. The van der Waals surface area contributed by atoms with Crippen LogP contribution in [0.4, 0.5) is 0 Å². The fraction of sp³-hybridized carbons (Fsp3) is 0.167. The van der Waals surface area contributed by atoms with Gasteiger partial charge in [-0.15, -0.1) is 20.4 Å². The van der Waals surface area contributed by atoms with Gasteiger partial charge in [-0.25, -0.2) is 0 Å². The Morgan fingerprint density at radius 2 is 1.10 bits per heavy atom. The van der Waals surface area contributed by atoms with Gasteiger partial charge in [-0.2, -0.15) is 0 Å². The van der Waals surface area contributed by atoms with E-state index in [1.165, 1.54) is 13.8 Å². The molecule has 0 unspecified atom stereocenters. The van der Waals surface area contributed by atoms with Crippen molar-refractivity contribution in [3.05, 3.63) is 27.0 Å². The van der Waals surface area contributed by atoms with Gasteiger partial charge < -0.3 is 24.5 Å². The molecule has 0 aliphatic heterocycles. The molecule has 0 saturated carbocycles. The highest BCUT2D eigenvalue weighted by Gasteiger charge is 2.35. The molecule has 0 radical (unpaired) electrons. The van der Waals surface area contributed by atoms with E-state index in [4.69, 9.17) is 8.83 Å². The summed E-state index contributed by atoms with van der Waals surface area (Å²) in [5.41, 5.74) is -0.510. The standard InChI is InChI=1S/C12H6N10O8/c1-3-7(21(24)28-17-3)11-15-14-10(27-11)6-8(22(25)30-19-6)12-16-13-9(26-12)5-4(2)20(23)29-18-5/h1-2H3. The third-order valence-electron chi connectivity index (χ3n) is 3.87. The molecule has 0 bridgehead atoms. The third kappa shape index (κ3) is 2.43. The van der Waals surface area contributed by atoms with E-state index in [2.05, 4.69) is 49.8 Å². The Balaban J connectivity index is 1.56. The van der Waals surface area contributed by atoms with Crippen LogP contribution >= 0.6 is 0 Å². The minimum atomic E-state index is -0.364. The fourth-order valence-electron chi connectivity index (χ4n) is 2.43. The second-order valence-corrected chi connectivity index (χ2v) is 5.68. The second kappa shape index (κ2) is 6.05. The number of hydrogen-bond acceptors (Lipinski definition) is 15. The van der Waals surface area contributed by atoms with Crippen LogP contribution in [-0.2, 0) is 0 Å². The highest BCUT2D eigenvalue weighted by atomic mass is 16.8. The predicted molar refractivity (Wildman–Crippen MR) is 80.4 cm³/mol. The van der Waals surface area contributed by atoms with Crippen LogP contribution in [0, 0.1) is 29.5 Å². The van der Waals surface area contributed by atoms with E-state index in [9.17, 15) is 15.6 Å². The van der Waals surface area contributed by atoms with Gasteiger partial charge in [0, 0.05) is 19.0 Å². The van der Waals surface area contributed by atoms with Gasteiger partial charge in [0.05, 0.1) is 10.3 Å². The first-order valence-corrected chi connectivity index (χ1v) is 7.85. The van der Waals surface area contributed by atoms with Crippen molar-refractivity contribution in [1.29, 1.82) is 0 Å². The highest BCUT2D eigenvalue weighted by molar-refractivity contribution is 5.66. The minimum absolute atomic E-state index is 0.0257. The summed E-state index contributed by atoms with van der Waals surface area (Å²) in [6, 6.07) is 0. The second-order valence-electron chi connectivity index (χ2n) is 5.68. The molecule has 0 spiro atoms. The number of hydrogen-bond donors (Lipinski definition) is 0. The first-order valence-electron chi connectivity index (χ1n) is 7.85. The normalized spacial score (nSPS) is 11.4. The maximum Gasteiger partial charge on any atom is 0.317 e. The minimum Gasteiger partial charge on any atom is -0.409 e. The Labute approximate surface area is 161 Å². The fourth-order valence-corrected chi connectivity index (χ4v) is 2.43. The molecule has 0 aliphatic rings. The lowest BCUT2D eigenvalue weighted by atomic mass is 10.3. The molecule has 0 amide bonds. The van der Waals surface area contributed by atoms with E-state index in [-0.39, 0.29) is 72.4 Å². The lowest BCUT2D eigenvalue weighted by Crippen LogP contribution is -2.25. The molecule has 0 atom stereocenters. The zero-order chi connectivity index (χ0) is 21.0. The van der Waals surface area contributed by atoms with Gasteiger partial charge in [0.15, 0.2) is 0 Å². The Bertz CT molecular complexity index is 1360. The van der Waals surface area contributed by atoms with Gasteiger partial charge in [0.2, 0.25) is 11.4 Å². The van der Waals surface area contributed by atoms with Crippen LogP contribution in [0.3, 0.4) is 0 Å². The zero-order valence-electron chi connectivity index (χ0n) is 14.7. The largest absolute Gasteiger partial charge is 0.409 e. The van der Waals surface area contributed by atoms with Crippen LogP contribution in [-0.4, -0.2) is 35.9 Å². The van der Waals surface area contributed by atoms with Gasteiger partial charge in [-0.05, 0) is 14.7 Å². The summed E-state index contributed by atoms with van der Waals surface area (Å²) < 4.78 is 24.2. The molecule has 152 valence electrons. The summed E-state index contributed by atoms with van der Waals surface area (Å²) in [6.45, 7) is 2.90. The van der Waals surface area contributed by atoms with Gasteiger partial charge in [-0.3, -0.25) is 13.9 Å². The molecular weight excluding hydrogens is 412 g/mol. The molecule has 5 aromatic heterocycles. The van der Waals surface area contributed by atoms with Crippen LogP contribution < -0.4 is 14.7 Å². The molecule has 0 fully saturated rings. The summed E-state index contributed by atoms with van der Waals surface area (Å²) in [4.78, 5) is 0.197. The van der Waals surface area contributed by atoms with Gasteiger partial charge in [0.1, 0.15) is 0 Å². The van der Waals surface area contributed by atoms with Crippen LogP contribution in [0.25, 0.3) is 46.3 Å². The first-order chi connectivity index (χ1) is 14.4. The molecule has 5 aromatic rings. The Morgan fingerprint density at radius 1 is 0.600 bits per heavy atom. The Morgan fingerprint density at radius 3 is 1.70 bits per heavy atom. The quantitative estimate of drug-likeness (QED) is 0.305. The van der Waals surface area contributed by atoms with Crippen molar-refractivity contribution in [3.63, 3.8) is 0 Å². The molecule has 5 rings (SSSR count). The van der Waals surface area contributed by atoms with Gasteiger partial charge >= 0.3 is 11.4 Å². The van der Waals surface area contributed by atoms with E-state index in [1.54, 1.807) is 0 Å². The maximum absolute atomic E-state index is 12.1. The Hall–Kier alpha value is -4.90. The molecule has 0 saturated heterocycles. The van der Waals surface area contributed by atoms with Crippen LogP contribution in [0.1, 0.15) is 11.4 Å². The van der Waals surface area contributed by atoms with Crippen molar-refractivity contribution < 1.29 is 37.4 Å². The third-order valence-corrected chi connectivity index (χ3v) is 3.87. The average molecular weight is 418 g/mol. The van der Waals surface area contributed by atoms with E-state index < -0.39 is 0 Å². The number of rotatable bonds is 4. The topological polar surface area (TPSA) is 237 Å². The monoisotopic (exact) mass is 418 g/mol. The summed E-state index contributed by atoms with van der Waals surface area (Å²) in [6.07, 6.45) is 0. The lowest BCUT2D eigenvalue weighted by Gasteiger charge is -1.90. The van der Waals surface area contributed by atoms with Crippen molar-refractivity contribution >= 4 is 0 Å². The molecule has 0 N–H and O–H groups in total. The number of aryl methyl sites for hydroxylation is 1. The highest BCUT2D eigenvalue weighted by Crippen LogP contribution is 2.30. The van der Waals surface area contributed by atoms with E-state index in [1.807, 2.05) is 0 Å². The van der Waals surface area contributed by atoms with Crippen molar-refractivity contribution in [2.24, 2.45) is 0 Å². The summed E-state index contributed by atoms with van der Waals surface area (Å²) in [5.74, 6) is -1.09. The van der Waals surface area contributed by atoms with E-state index in [0.29, 0.717) is 0 Å². The van der Waals surface area contributed by atoms with Gasteiger partial charge in [0.25, 0.3) is 35.0 Å². The first kappa shape index (κ1) is 17.2. The molecule has 0 aliphatic carbocycles. The summed E-state index contributed by atoms with van der Waals surface area (Å²) in [5, 5.41) is 60.5. The zero-order valence-corrected chi connectivity index (χ0v) is 14.7. The lowest BCUT2D eigenvalue weighted by molar-refractivity contribution is -0.806. The van der Waals surface area contributed by atoms with Crippen LogP contribution in [0.15, 0.2) is 22.7 Å². The Kier molecular flexibility index (Phi) is 3.47. The molecule has 18 heteroatoms. The van der Waals surface area contributed by atoms with E-state index >= 15 is 0 Å². The maximum atomic E-state index is 12.1. The van der Waals surface area contributed by atoms with Crippen molar-refractivity contribution in [3.8, 4) is 46.3 Å².